The minimum Gasteiger partial charge on any atom is -0.508 e. The van der Waals surface area contributed by atoms with Gasteiger partial charge in [-0.05, 0) is 62.1 Å². The highest BCUT2D eigenvalue weighted by atomic mass is 16.3. The molecule has 1 atom stereocenters. The molecule has 2 aromatic carbocycles. The number of carbonyl (C=O) groups excluding carboxylic acids is 2. The fourth-order valence-electron chi connectivity index (χ4n) is 2.54. The number of aryl methyl sites for hydroxylation is 2. The Balaban J connectivity index is 1.87. The molecule has 138 valence electrons. The summed E-state index contributed by atoms with van der Waals surface area (Å²) in [5.41, 5.74) is 3.31. The van der Waals surface area contributed by atoms with Crippen molar-refractivity contribution in [1.82, 2.24) is 5.32 Å². The molecule has 0 bridgehead atoms. The highest BCUT2D eigenvalue weighted by Crippen LogP contribution is 2.20. The number of hydrogen-bond acceptors (Lipinski definition) is 3. The van der Waals surface area contributed by atoms with Crippen molar-refractivity contribution in [2.24, 2.45) is 0 Å². The van der Waals surface area contributed by atoms with Crippen LogP contribution in [0.4, 0.5) is 16.2 Å². The third-order valence-corrected chi connectivity index (χ3v) is 3.99. The Kier molecular flexibility index (Phi) is 6.60. The Bertz CT molecular complexity index is 772. The van der Waals surface area contributed by atoms with E-state index in [0.717, 1.165) is 24.0 Å². The number of carbonyl (C=O) groups is 2. The fraction of sp³-hybridized carbons (Fsp3) is 0.300. The van der Waals surface area contributed by atoms with E-state index in [2.05, 4.69) is 16.0 Å². The Morgan fingerprint density at radius 3 is 2.42 bits per heavy atom. The molecule has 0 radical (unpaired) electrons. The summed E-state index contributed by atoms with van der Waals surface area (Å²) < 4.78 is 0. The molecule has 4 N–H and O–H groups in total. The Morgan fingerprint density at radius 2 is 1.77 bits per heavy atom. The van der Waals surface area contributed by atoms with Gasteiger partial charge in [-0.15, -0.1) is 0 Å². The van der Waals surface area contributed by atoms with Crippen molar-refractivity contribution in [2.75, 3.05) is 10.6 Å². The predicted octanol–water partition coefficient (Wildman–Crippen LogP) is 3.80. The van der Waals surface area contributed by atoms with E-state index < -0.39 is 0 Å². The third kappa shape index (κ3) is 6.12. The number of aromatic hydroxyl groups is 1. The van der Waals surface area contributed by atoms with Gasteiger partial charge in [0, 0.05) is 24.3 Å². The summed E-state index contributed by atoms with van der Waals surface area (Å²) in [6.07, 6.45) is 1.59. The lowest BCUT2D eigenvalue weighted by atomic mass is 10.1. The molecular formula is C20H25N3O3. The van der Waals surface area contributed by atoms with E-state index in [9.17, 15) is 14.7 Å². The average Bonchev–Trinajstić information content (AvgIpc) is 2.57. The van der Waals surface area contributed by atoms with Crippen LogP contribution < -0.4 is 16.0 Å². The van der Waals surface area contributed by atoms with Crippen LogP contribution in [0.15, 0.2) is 42.5 Å². The van der Waals surface area contributed by atoms with E-state index in [1.165, 1.54) is 6.92 Å². The number of phenols is 1. The minimum atomic E-state index is -0.286. The minimum absolute atomic E-state index is 0.0114. The maximum atomic E-state index is 12.2. The maximum Gasteiger partial charge on any atom is 0.319 e. The molecule has 0 saturated carbocycles. The number of amides is 3. The lowest BCUT2D eigenvalue weighted by Crippen LogP contribution is -2.36. The SMILES string of the molecule is CC(=O)Nc1ccc(C)c(NC(=O)N[C@H](C)CCc2ccc(O)cc2)c1. The van der Waals surface area contributed by atoms with E-state index in [1.807, 2.05) is 32.0 Å². The summed E-state index contributed by atoms with van der Waals surface area (Å²) in [6, 6.07) is 12.1. The molecule has 2 aromatic rings. The van der Waals surface area contributed by atoms with Gasteiger partial charge in [0.25, 0.3) is 0 Å². The summed E-state index contributed by atoms with van der Waals surface area (Å²) in [7, 11) is 0. The van der Waals surface area contributed by atoms with Gasteiger partial charge in [0.05, 0.1) is 0 Å². The zero-order valence-corrected chi connectivity index (χ0v) is 15.3. The number of phenolic OH excluding ortho intramolecular Hbond substituents is 1. The van der Waals surface area contributed by atoms with Crippen LogP contribution in [-0.2, 0) is 11.2 Å². The third-order valence-electron chi connectivity index (χ3n) is 3.99. The summed E-state index contributed by atoms with van der Waals surface area (Å²) in [4.78, 5) is 23.4. The van der Waals surface area contributed by atoms with Crippen LogP contribution in [-0.4, -0.2) is 23.1 Å². The van der Waals surface area contributed by atoms with Crippen LogP contribution in [0, 0.1) is 6.92 Å². The van der Waals surface area contributed by atoms with Crippen LogP contribution >= 0.6 is 0 Å². The van der Waals surface area contributed by atoms with Crippen LogP contribution in [0.3, 0.4) is 0 Å². The smallest absolute Gasteiger partial charge is 0.319 e. The lowest BCUT2D eigenvalue weighted by molar-refractivity contribution is -0.114. The maximum absolute atomic E-state index is 12.2. The van der Waals surface area contributed by atoms with Gasteiger partial charge in [0.1, 0.15) is 5.75 Å². The lowest BCUT2D eigenvalue weighted by Gasteiger charge is -2.16. The van der Waals surface area contributed by atoms with E-state index in [1.54, 1.807) is 24.3 Å². The highest BCUT2D eigenvalue weighted by molar-refractivity contribution is 5.93. The number of hydrogen-bond donors (Lipinski definition) is 4. The van der Waals surface area contributed by atoms with Crippen molar-refractivity contribution in [2.45, 2.75) is 39.7 Å². The van der Waals surface area contributed by atoms with Crippen molar-refractivity contribution >= 4 is 23.3 Å². The zero-order valence-electron chi connectivity index (χ0n) is 15.3. The molecule has 0 aliphatic carbocycles. The summed E-state index contributed by atoms with van der Waals surface area (Å²) in [5.74, 6) is 0.0864. The van der Waals surface area contributed by atoms with E-state index in [4.69, 9.17) is 0 Å². The van der Waals surface area contributed by atoms with E-state index in [0.29, 0.717) is 11.4 Å². The normalized spacial score (nSPS) is 11.5. The second-order valence-electron chi connectivity index (χ2n) is 6.42. The molecule has 26 heavy (non-hydrogen) atoms. The van der Waals surface area contributed by atoms with Gasteiger partial charge in [-0.2, -0.15) is 0 Å². The number of urea groups is 1. The first-order chi connectivity index (χ1) is 12.3. The number of rotatable bonds is 6. The number of benzene rings is 2. The number of anilines is 2. The average molecular weight is 355 g/mol. The summed E-state index contributed by atoms with van der Waals surface area (Å²) in [5, 5.41) is 17.7. The second kappa shape index (κ2) is 8.89. The van der Waals surface area contributed by atoms with Crippen LogP contribution in [0.25, 0.3) is 0 Å². The van der Waals surface area contributed by atoms with Gasteiger partial charge in [-0.25, -0.2) is 4.79 Å². The molecule has 6 heteroatoms. The molecule has 0 unspecified atom stereocenters. The molecule has 0 saturated heterocycles. The van der Waals surface area contributed by atoms with Crippen molar-refractivity contribution in [3.63, 3.8) is 0 Å². The van der Waals surface area contributed by atoms with Crippen molar-refractivity contribution in [3.05, 3.63) is 53.6 Å². The van der Waals surface area contributed by atoms with Crippen molar-refractivity contribution in [3.8, 4) is 5.75 Å². The summed E-state index contributed by atoms with van der Waals surface area (Å²) in [6.45, 7) is 5.28. The van der Waals surface area contributed by atoms with Gasteiger partial charge in [0.15, 0.2) is 0 Å². The van der Waals surface area contributed by atoms with E-state index in [-0.39, 0.29) is 23.7 Å². The fourth-order valence-corrected chi connectivity index (χ4v) is 2.54. The van der Waals surface area contributed by atoms with Crippen LogP contribution in [0.5, 0.6) is 5.75 Å². The first-order valence-electron chi connectivity index (χ1n) is 8.57. The predicted molar refractivity (Wildman–Crippen MR) is 104 cm³/mol. The Morgan fingerprint density at radius 1 is 1.08 bits per heavy atom. The molecule has 0 aromatic heterocycles. The van der Waals surface area contributed by atoms with Gasteiger partial charge in [-0.1, -0.05) is 18.2 Å². The van der Waals surface area contributed by atoms with Crippen molar-refractivity contribution in [1.29, 1.82) is 0 Å². The van der Waals surface area contributed by atoms with Crippen LogP contribution in [0.1, 0.15) is 31.4 Å². The monoisotopic (exact) mass is 355 g/mol. The van der Waals surface area contributed by atoms with Gasteiger partial charge in [0.2, 0.25) is 5.91 Å². The molecule has 0 aliphatic heterocycles. The molecule has 0 aliphatic rings. The molecule has 0 fully saturated rings. The van der Waals surface area contributed by atoms with Crippen LogP contribution in [0.2, 0.25) is 0 Å². The van der Waals surface area contributed by atoms with Crippen molar-refractivity contribution < 1.29 is 14.7 Å². The largest absolute Gasteiger partial charge is 0.508 e. The number of nitrogens with one attached hydrogen (secondary N) is 3. The van der Waals surface area contributed by atoms with E-state index >= 15 is 0 Å². The van der Waals surface area contributed by atoms with Gasteiger partial charge >= 0.3 is 6.03 Å². The standard InChI is InChI=1S/C20H25N3O3/c1-13-4-9-17(22-15(3)24)12-19(13)23-20(26)21-14(2)5-6-16-7-10-18(25)11-8-16/h4,7-12,14,25H,5-6H2,1-3H3,(H,22,24)(H2,21,23,26)/t14-/m1/s1. The molecule has 0 spiro atoms. The Hall–Kier alpha value is -3.02. The Labute approximate surface area is 153 Å². The zero-order chi connectivity index (χ0) is 19.1. The second-order valence-corrected chi connectivity index (χ2v) is 6.42. The molecule has 6 nitrogen and oxygen atoms in total. The molecule has 3 amide bonds. The van der Waals surface area contributed by atoms with Gasteiger partial charge in [-0.3, -0.25) is 4.79 Å². The first kappa shape index (κ1) is 19.3. The topological polar surface area (TPSA) is 90.5 Å². The first-order valence-corrected chi connectivity index (χ1v) is 8.57. The molecule has 0 heterocycles. The highest BCUT2D eigenvalue weighted by Gasteiger charge is 2.10. The quantitative estimate of drug-likeness (QED) is 0.635. The summed E-state index contributed by atoms with van der Waals surface area (Å²) >= 11 is 0. The molecular weight excluding hydrogens is 330 g/mol. The van der Waals surface area contributed by atoms with Gasteiger partial charge < -0.3 is 21.1 Å². The molecule has 2 rings (SSSR count).